The van der Waals surface area contributed by atoms with Crippen molar-refractivity contribution in [3.8, 4) is 11.6 Å². The van der Waals surface area contributed by atoms with Gasteiger partial charge in [0.25, 0.3) is 0 Å². The zero-order chi connectivity index (χ0) is 15.7. The number of aryl methyl sites for hydroxylation is 2. The van der Waals surface area contributed by atoms with Gasteiger partial charge in [-0.2, -0.15) is 4.39 Å². The van der Waals surface area contributed by atoms with Crippen LogP contribution in [0.4, 0.5) is 8.78 Å². The molecule has 0 amide bonds. The van der Waals surface area contributed by atoms with Gasteiger partial charge in [-0.3, -0.25) is 0 Å². The minimum absolute atomic E-state index is 0.194. The number of hydrogen-bond donors (Lipinski definition) is 1. The topological polar surface area (TPSA) is 59.4 Å². The first kappa shape index (κ1) is 15.4. The number of nitrogens with zero attached hydrogens (tertiary/aromatic N) is 1. The number of ether oxygens (including phenoxy) is 1. The van der Waals surface area contributed by atoms with Crippen LogP contribution in [-0.2, 0) is 0 Å². The van der Waals surface area contributed by atoms with E-state index in [9.17, 15) is 18.7 Å². The summed E-state index contributed by atoms with van der Waals surface area (Å²) in [5.74, 6) is -4.31. The molecular formula is C14H10BrF2NO3. The van der Waals surface area contributed by atoms with Crippen molar-refractivity contribution in [2.24, 2.45) is 0 Å². The first-order valence-corrected chi connectivity index (χ1v) is 6.63. The molecule has 2 aromatic rings. The normalized spacial score (nSPS) is 10.5. The molecule has 0 unspecified atom stereocenters. The standard InChI is InChI=1S/C14H10BrF2NO3/c1-6-3-7(2)18-13(11(6)14(19)20)21-10-5-8(15)4-9(16)12(10)17/h3-5H,1-2H3,(H,19,20). The predicted octanol–water partition coefficient (Wildman–Crippen LogP) is 4.23. The van der Waals surface area contributed by atoms with Crippen LogP contribution in [0.1, 0.15) is 21.6 Å². The molecule has 0 radical (unpaired) electrons. The molecule has 1 heterocycles. The molecule has 1 N–H and O–H groups in total. The molecule has 1 aromatic heterocycles. The van der Waals surface area contributed by atoms with Crippen LogP contribution >= 0.6 is 15.9 Å². The molecule has 0 bridgehead atoms. The summed E-state index contributed by atoms with van der Waals surface area (Å²) < 4.78 is 32.5. The van der Waals surface area contributed by atoms with E-state index in [0.717, 1.165) is 6.07 Å². The van der Waals surface area contributed by atoms with E-state index >= 15 is 0 Å². The van der Waals surface area contributed by atoms with Crippen LogP contribution in [0.15, 0.2) is 22.7 Å². The molecule has 4 nitrogen and oxygen atoms in total. The Balaban J connectivity index is 2.57. The van der Waals surface area contributed by atoms with E-state index < -0.39 is 23.4 Å². The Bertz CT molecular complexity index is 735. The van der Waals surface area contributed by atoms with E-state index in [1.54, 1.807) is 19.9 Å². The van der Waals surface area contributed by atoms with E-state index in [2.05, 4.69) is 20.9 Å². The second-order valence-corrected chi connectivity index (χ2v) is 5.28. The third-order valence-corrected chi connectivity index (χ3v) is 3.15. The van der Waals surface area contributed by atoms with Gasteiger partial charge in [-0.15, -0.1) is 0 Å². The van der Waals surface area contributed by atoms with Gasteiger partial charge >= 0.3 is 5.97 Å². The fraction of sp³-hybridized carbons (Fsp3) is 0.143. The summed E-state index contributed by atoms with van der Waals surface area (Å²) in [6.45, 7) is 3.21. The molecule has 0 saturated carbocycles. The SMILES string of the molecule is Cc1cc(C)c(C(=O)O)c(Oc2cc(Br)cc(F)c2F)n1. The minimum Gasteiger partial charge on any atom is -0.477 e. The second kappa shape index (κ2) is 5.77. The Labute approximate surface area is 127 Å². The van der Waals surface area contributed by atoms with Gasteiger partial charge in [0.05, 0.1) is 0 Å². The van der Waals surface area contributed by atoms with Crippen LogP contribution in [0.2, 0.25) is 0 Å². The van der Waals surface area contributed by atoms with Gasteiger partial charge < -0.3 is 9.84 Å². The number of carboxylic acid groups (broad SMARTS) is 1. The number of pyridine rings is 1. The maximum Gasteiger partial charge on any atom is 0.341 e. The van der Waals surface area contributed by atoms with Crippen LogP contribution in [0.5, 0.6) is 11.6 Å². The molecule has 1 aromatic carbocycles. The van der Waals surface area contributed by atoms with E-state index in [1.807, 2.05) is 0 Å². The molecule has 110 valence electrons. The van der Waals surface area contributed by atoms with Gasteiger partial charge in [0.2, 0.25) is 11.7 Å². The molecule has 7 heteroatoms. The minimum atomic E-state index is -1.26. The molecule has 0 saturated heterocycles. The first-order valence-electron chi connectivity index (χ1n) is 5.83. The quantitative estimate of drug-likeness (QED) is 0.835. The van der Waals surface area contributed by atoms with Gasteiger partial charge in [0.1, 0.15) is 5.56 Å². The largest absolute Gasteiger partial charge is 0.477 e. The van der Waals surface area contributed by atoms with Crippen LogP contribution < -0.4 is 4.74 Å². The van der Waals surface area contributed by atoms with Crippen molar-refractivity contribution in [1.29, 1.82) is 0 Å². The number of rotatable bonds is 3. The van der Waals surface area contributed by atoms with E-state index in [4.69, 9.17) is 4.74 Å². The van der Waals surface area contributed by atoms with Crippen molar-refractivity contribution in [3.63, 3.8) is 0 Å². The molecule has 0 aliphatic rings. The Morgan fingerprint density at radius 3 is 2.57 bits per heavy atom. The number of halogens is 3. The smallest absolute Gasteiger partial charge is 0.341 e. The summed E-state index contributed by atoms with van der Waals surface area (Å²) in [5.41, 5.74) is 0.727. The highest BCUT2D eigenvalue weighted by Gasteiger charge is 2.20. The van der Waals surface area contributed by atoms with Gasteiger partial charge in [0, 0.05) is 10.2 Å². The number of aromatic carboxylic acids is 1. The highest BCUT2D eigenvalue weighted by Crippen LogP contribution is 2.31. The van der Waals surface area contributed by atoms with Gasteiger partial charge in [-0.25, -0.2) is 14.2 Å². The van der Waals surface area contributed by atoms with Crippen molar-refractivity contribution >= 4 is 21.9 Å². The third kappa shape index (κ3) is 3.18. The monoisotopic (exact) mass is 357 g/mol. The van der Waals surface area contributed by atoms with Crippen molar-refractivity contribution < 1.29 is 23.4 Å². The van der Waals surface area contributed by atoms with Crippen LogP contribution in [-0.4, -0.2) is 16.1 Å². The average molecular weight is 358 g/mol. The summed E-state index contributed by atoms with van der Waals surface area (Å²) in [6.07, 6.45) is 0. The van der Waals surface area contributed by atoms with Crippen molar-refractivity contribution in [1.82, 2.24) is 4.98 Å². The predicted molar refractivity (Wildman–Crippen MR) is 74.8 cm³/mol. The maximum absolute atomic E-state index is 13.7. The van der Waals surface area contributed by atoms with Gasteiger partial charge in [-0.05, 0) is 37.6 Å². The third-order valence-electron chi connectivity index (χ3n) is 2.69. The lowest BCUT2D eigenvalue weighted by Gasteiger charge is -2.12. The fourth-order valence-corrected chi connectivity index (χ4v) is 2.26. The highest BCUT2D eigenvalue weighted by molar-refractivity contribution is 9.10. The Hall–Kier alpha value is -2.02. The Kier molecular flexibility index (Phi) is 4.22. The number of benzene rings is 1. The molecular weight excluding hydrogens is 348 g/mol. The Morgan fingerprint density at radius 2 is 1.95 bits per heavy atom. The van der Waals surface area contributed by atoms with Crippen LogP contribution in [0, 0.1) is 25.5 Å². The Morgan fingerprint density at radius 1 is 1.29 bits per heavy atom. The fourth-order valence-electron chi connectivity index (χ4n) is 1.85. The van der Waals surface area contributed by atoms with Crippen molar-refractivity contribution in [2.75, 3.05) is 0 Å². The van der Waals surface area contributed by atoms with Crippen LogP contribution in [0.25, 0.3) is 0 Å². The zero-order valence-electron chi connectivity index (χ0n) is 11.1. The summed E-state index contributed by atoms with van der Waals surface area (Å²) in [6, 6.07) is 3.70. The van der Waals surface area contributed by atoms with E-state index in [1.165, 1.54) is 6.07 Å². The zero-order valence-corrected chi connectivity index (χ0v) is 12.7. The maximum atomic E-state index is 13.7. The molecule has 2 rings (SSSR count). The van der Waals surface area contributed by atoms with Crippen molar-refractivity contribution in [2.45, 2.75) is 13.8 Å². The number of carboxylic acids is 1. The lowest BCUT2D eigenvalue weighted by Crippen LogP contribution is -2.07. The second-order valence-electron chi connectivity index (χ2n) is 4.37. The van der Waals surface area contributed by atoms with E-state index in [0.29, 0.717) is 11.3 Å². The number of aromatic nitrogens is 1. The van der Waals surface area contributed by atoms with E-state index in [-0.39, 0.29) is 15.9 Å². The molecule has 0 fully saturated rings. The molecule has 0 atom stereocenters. The lowest BCUT2D eigenvalue weighted by molar-refractivity contribution is 0.0692. The molecule has 0 aliphatic carbocycles. The average Bonchev–Trinajstić information content (AvgIpc) is 2.33. The molecule has 21 heavy (non-hydrogen) atoms. The highest BCUT2D eigenvalue weighted by atomic mass is 79.9. The molecule has 0 aliphatic heterocycles. The molecule has 0 spiro atoms. The number of carbonyl (C=O) groups is 1. The first-order chi connectivity index (χ1) is 9.79. The van der Waals surface area contributed by atoms with Gasteiger partial charge in [0.15, 0.2) is 11.6 Å². The number of hydrogen-bond acceptors (Lipinski definition) is 3. The summed E-state index contributed by atoms with van der Waals surface area (Å²) in [4.78, 5) is 15.2. The van der Waals surface area contributed by atoms with Crippen LogP contribution in [0.3, 0.4) is 0 Å². The lowest BCUT2D eigenvalue weighted by atomic mass is 10.1. The van der Waals surface area contributed by atoms with Crippen molar-refractivity contribution in [3.05, 3.63) is 51.1 Å². The summed E-state index contributed by atoms with van der Waals surface area (Å²) in [5, 5.41) is 9.20. The summed E-state index contributed by atoms with van der Waals surface area (Å²) >= 11 is 3.01. The van der Waals surface area contributed by atoms with Gasteiger partial charge in [-0.1, -0.05) is 15.9 Å². The summed E-state index contributed by atoms with van der Waals surface area (Å²) in [7, 11) is 0.